The Morgan fingerprint density at radius 1 is 1.26 bits per heavy atom. The van der Waals surface area contributed by atoms with Crippen LogP contribution in [0.5, 0.6) is 0 Å². The third-order valence-electron chi connectivity index (χ3n) is 5.13. The highest BCUT2D eigenvalue weighted by Gasteiger charge is 2.33. The molecule has 23 heavy (non-hydrogen) atoms. The summed E-state index contributed by atoms with van der Waals surface area (Å²) in [7, 11) is 0. The highest BCUT2D eigenvalue weighted by molar-refractivity contribution is 5.87. The topological polar surface area (TPSA) is 66.6 Å². The van der Waals surface area contributed by atoms with Crippen LogP contribution >= 0.6 is 0 Å². The first-order chi connectivity index (χ1) is 11.1. The number of para-hydroxylation sites is 1. The maximum absolute atomic E-state index is 12.5. The van der Waals surface area contributed by atoms with Crippen LogP contribution in [0.1, 0.15) is 38.2 Å². The lowest BCUT2D eigenvalue weighted by Crippen LogP contribution is -2.45. The van der Waals surface area contributed by atoms with E-state index in [1.807, 2.05) is 0 Å². The van der Waals surface area contributed by atoms with Gasteiger partial charge in [0.1, 0.15) is 6.04 Å². The summed E-state index contributed by atoms with van der Waals surface area (Å²) < 4.78 is 0. The molecule has 0 radical (unpaired) electrons. The Bertz CT molecular complexity index is 602. The predicted octanol–water partition coefficient (Wildman–Crippen LogP) is 1.69. The van der Waals surface area contributed by atoms with Gasteiger partial charge in [0.25, 0.3) is 0 Å². The SMILES string of the molecule is C[C@H]1CCc2ccccc2N1CCC(=O)N1CCC[C@@H]1C(N)=O. The fourth-order valence-corrected chi connectivity index (χ4v) is 3.82. The van der Waals surface area contributed by atoms with Gasteiger partial charge < -0.3 is 15.5 Å². The number of nitrogens with zero attached hydrogens (tertiary/aromatic N) is 2. The highest BCUT2D eigenvalue weighted by atomic mass is 16.2. The van der Waals surface area contributed by atoms with Gasteiger partial charge in [-0.1, -0.05) is 18.2 Å². The van der Waals surface area contributed by atoms with Gasteiger partial charge in [0.2, 0.25) is 11.8 Å². The number of amides is 2. The number of primary amides is 1. The average molecular weight is 315 g/mol. The van der Waals surface area contributed by atoms with E-state index in [1.165, 1.54) is 11.3 Å². The lowest BCUT2D eigenvalue weighted by atomic mass is 9.96. The highest BCUT2D eigenvalue weighted by Crippen LogP contribution is 2.30. The summed E-state index contributed by atoms with van der Waals surface area (Å²) in [6.45, 7) is 3.56. The summed E-state index contributed by atoms with van der Waals surface area (Å²) in [5.41, 5.74) is 8.01. The molecule has 2 heterocycles. The molecule has 3 rings (SSSR count). The minimum atomic E-state index is -0.409. The number of likely N-dealkylation sites (tertiary alicyclic amines) is 1. The molecule has 124 valence electrons. The van der Waals surface area contributed by atoms with E-state index >= 15 is 0 Å². The van der Waals surface area contributed by atoms with Crippen molar-refractivity contribution in [3.8, 4) is 0 Å². The van der Waals surface area contributed by atoms with Crippen LogP contribution in [0.15, 0.2) is 24.3 Å². The Balaban J connectivity index is 1.66. The van der Waals surface area contributed by atoms with Gasteiger partial charge in [-0.25, -0.2) is 0 Å². The Labute approximate surface area is 137 Å². The first-order valence-electron chi connectivity index (χ1n) is 8.51. The number of hydrogen-bond acceptors (Lipinski definition) is 3. The predicted molar refractivity (Wildman–Crippen MR) is 90.1 cm³/mol. The molecule has 0 unspecified atom stereocenters. The van der Waals surface area contributed by atoms with Crippen LogP contribution in [0.3, 0.4) is 0 Å². The van der Waals surface area contributed by atoms with E-state index in [0.29, 0.717) is 32.0 Å². The van der Waals surface area contributed by atoms with Crippen molar-refractivity contribution in [2.45, 2.75) is 51.1 Å². The van der Waals surface area contributed by atoms with Crippen LogP contribution < -0.4 is 10.6 Å². The third-order valence-corrected chi connectivity index (χ3v) is 5.13. The van der Waals surface area contributed by atoms with Crippen molar-refractivity contribution in [2.24, 2.45) is 5.73 Å². The second kappa shape index (κ2) is 6.60. The van der Waals surface area contributed by atoms with Crippen LogP contribution in [0.2, 0.25) is 0 Å². The van der Waals surface area contributed by atoms with Crippen molar-refractivity contribution in [3.63, 3.8) is 0 Å². The van der Waals surface area contributed by atoms with Crippen molar-refractivity contribution in [1.82, 2.24) is 4.90 Å². The first kappa shape index (κ1) is 15.8. The van der Waals surface area contributed by atoms with Crippen molar-refractivity contribution in [2.75, 3.05) is 18.0 Å². The zero-order chi connectivity index (χ0) is 16.4. The van der Waals surface area contributed by atoms with Crippen LogP contribution in [-0.2, 0) is 16.0 Å². The van der Waals surface area contributed by atoms with Crippen LogP contribution in [-0.4, -0.2) is 41.9 Å². The van der Waals surface area contributed by atoms with Crippen LogP contribution in [0, 0.1) is 0 Å². The van der Waals surface area contributed by atoms with Gasteiger partial charge in [0.15, 0.2) is 0 Å². The number of carbonyl (C=O) groups is 2. The molecule has 2 aliphatic heterocycles. The van der Waals surface area contributed by atoms with Crippen molar-refractivity contribution < 1.29 is 9.59 Å². The minimum absolute atomic E-state index is 0.0431. The van der Waals surface area contributed by atoms with Gasteiger partial charge >= 0.3 is 0 Å². The van der Waals surface area contributed by atoms with E-state index in [0.717, 1.165) is 19.3 Å². The van der Waals surface area contributed by atoms with Gasteiger partial charge in [-0.15, -0.1) is 0 Å². The summed E-state index contributed by atoms with van der Waals surface area (Å²) >= 11 is 0. The smallest absolute Gasteiger partial charge is 0.240 e. The molecule has 0 bridgehead atoms. The number of fused-ring (bicyclic) bond motifs is 1. The molecule has 2 aliphatic rings. The fourth-order valence-electron chi connectivity index (χ4n) is 3.82. The molecule has 1 aromatic rings. The largest absolute Gasteiger partial charge is 0.368 e. The average Bonchev–Trinajstić information content (AvgIpc) is 3.03. The number of benzene rings is 1. The number of carbonyl (C=O) groups excluding carboxylic acids is 2. The molecule has 0 aliphatic carbocycles. The lowest BCUT2D eigenvalue weighted by Gasteiger charge is -2.37. The van der Waals surface area contributed by atoms with Gasteiger partial charge in [-0.2, -0.15) is 0 Å². The Morgan fingerprint density at radius 2 is 2.04 bits per heavy atom. The van der Waals surface area contributed by atoms with Gasteiger partial charge in [-0.3, -0.25) is 9.59 Å². The van der Waals surface area contributed by atoms with Crippen molar-refractivity contribution in [3.05, 3.63) is 29.8 Å². The maximum atomic E-state index is 12.5. The molecule has 1 fully saturated rings. The zero-order valence-corrected chi connectivity index (χ0v) is 13.7. The molecule has 0 spiro atoms. The Kier molecular flexibility index (Phi) is 4.55. The molecule has 2 N–H and O–H groups in total. The summed E-state index contributed by atoms with van der Waals surface area (Å²) in [5, 5.41) is 0. The van der Waals surface area contributed by atoms with E-state index in [1.54, 1.807) is 4.90 Å². The molecule has 1 saturated heterocycles. The van der Waals surface area contributed by atoms with Crippen molar-refractivity contribution >= 4 is 17.5 Å². The number of nitrogens with two attached hydrogens (primary N) is 1. The summed E-state index contributed by atoms with van der Waals surface area (Å²) in [6.07, 6.45) is 4.20. The molecule has 0 saturated carbocycles. The molecule has 1 aromatic carbocycles. The van der Waals surface area contributed by atoms with E-state index in [2.05, 4.69) is 36.1 Å². The lowest BCUT2D eigenvalue weighted by molar-refractivity contribution is -0.137. The number of anilines is 1. The zero-order valence-electron chi connectivity index (χ0n) is 13.7. The minimum Gasteiger partial charge on any atom is -0.368 e. The first-order valence-corrected chi connectivity index (χ1v) is 8.51. The molecule has 5 heteroatoms. The summed E-state index contributed by atoms with van der Waals surface area (Å²) in [6, 6.07) is 8.45. The van der Waals surface area contributed by atoms with Gasteiger partial charge in [0, 0.05) is 31.2 Å². The number of aryl methyl sites for hydroxylation is 1. The molecule has 0 aromatic heterocycles. The van der Waals surface area contributed by atoms with E-state index < -0.39 is 6.04 Å². The van der Waals surface area contributed by atoms with Crippen molar-refractivity contribution in [1.29, 1.82) is 0 Å². The van der Waals surface area contributed by atoms with E-state index in [-0.39, 0.29) is 11.8 Å². The van der Waals surface area contributed by atoms with Crippen LogP contribution in [0.4, 0.5) is 5.69 Å². The second-order valence-electron chi connectivity index (χ2n) is 6.61. The maximum Gasteiger partial charge on any atom is 0.240 e. The molecular formula is C18H25N3O2. The summed E-state index contributed by atoms with van der Waals surface area (Å²) in [5.74, 6) is -0.339. The van der Waals surface area contributed by atoms with E-state index in [9.17, 15) is 9.59 Å². The fraction of sp³-hybridized carbons (Fsp3) is 0.556. The van der Waals surface area contributed by atoms with Crippen LogP contribution in [0.25, 0.3) is 0 Å². The normalized spacial score (nSPS) is 23.7. The quantitative estimate of drug-likeness (QED) is 0.919. The Hall–Kier alpha value is -2.04. The van der Waals surface area contributed by atoms with Gasteiger partial charge in [0.05, 0.1) is 0 Å². The van der Waals surface area contributed by atoms with E-state index in [4.69, 9.17) is 5.73 Å². The standard InChI is InChI=1S/C18H25N3O2/c1-13-8-9-14-5-2-3-6-15(14)20(13)12-10-17(22)21-11-4-7-16(21)18(19)23/h2-3,5-6,13,16H,4,7-12H2,1H3,(H2,19,23)/t13-,16+/m0/s1. The molecule has 5 nitrogen and oxygen atoms in total. The number of hydrogen-bond donors (Lipinski definition) is 1. The molecular weight excluding hydrogens is 290 g/mol. The summed E-state index contributed by atoms with van der Waals surface area (Å²) in [4.78, 5) is 28.0. The monoisotopic (exact) mass is 315 g/mol. The second-order valence-corrected chi connectivity index (χ2v) is 6.61. The Morgan fingerprint density at radius 3 is 2.83 bits per heavy atom. The van der Waals surface area contributed by atoms with Gasteiger partial charge in [-0.05, 0) is 44.2 Å². The third kappa shape index (κ3) is 3.19. The molecule has 2 atom stereocenters. The molecule has 2 amide bonds. The number of rotatable bonds is 4.